The van der Waals surface area contributed by atoms with Crippen molar-refractivity contribution < 1.29 is 14.0 Å². The first-order chi connectivity index (χ1) is 13.6. The van der Waals surface area contributed by atoms with E-state index in [0.29, 0.717) is 19.6 Å². The Morgan fingerprint density at radius 3 is 2.82 bits per heavy atom. The van der Waals surface area contributed by atoms with Gasteiger partial charge in [0.1, 0.15) is 12.4 Å². The molecule has 1 aromatic carbocycles. The van der Waals surface area contributed by atoms with Crippen LogP contribution in [0.15, 0.2) is 30.5 Å². The molecule has 4 rings (SSSR count). The van der Waals surface area contributed by atoms with Gasteiger partial charge in [0, 0.05) is 19.6 Å². The van der Waals surface area contributed by atoms with E-state index >= 15 is 0 Å². The molecule has 3 heterocycles. The molecular formula is C19H23FN6O2. The summed E-state index contributed by atoms with van der Waals surface area (Å²) < 4.78 is 15.1. The summed E-state index contributed by atoms with van der Waals surface area (Å²) in [6.07, 6.45) is 3.59. The van der Waals surface area contributed by atoms with Crippen LogP contribution in [0.4, 0.5) is 4.39 Å². The lowest BCUT2D eigenvalue weighted by Crippen LogP contribution is -2.51. The summed E-state index contributed by atoms with van der Waals surface area (Å²) in [6, 6.07) is 6.45. The van der Waals surface area contributed by atoms with E-state index < -0.39 is 0 Å². The van der Waals surface area contributed by atoms with Gasteiger partial charge in [-0.2, -0.15) is 0 Å². The monoisotopic (exact) mass is 386 g/mol. The van der Waals surface area contributed by atoms with E-state index in [1.54, 1.807) is 27.9 Å². The van der Waals surface area contributed by atoms with Gasteiger partial charge in [0.25, 0.3) is 5.91 Å². The quantitative estimate of drug-likeness (QED) is 0.842. The second kappa shape index (κ2) is 8.05. The summed E-state index contributed by atoms with van der Waals surface area (Å²) >= 11 is 0. The molecule has 0 atom stereocenters. The molecule has 0 aliphatic carbocycles. The Balaban J connectivity index is 1.36. The molecule has 1 aromatic heterocycles. The van der Waals surface area contributed by atoms with Gasteiger partial charge in [0.15, 0.2) is 5.69 Å². The number of carbonyl (C=O) groups excluding carboxylic acids is 2. The standard InChI is InChI=1S/C19H23FN6O2/c20-15-3-1-2-14(10-15)11-24-8-9-25(13-18(24)27)19(28)17-12-26(23-22-17)16-4-6-21-7-5-16/h1-3,10,12,16,21H,4-9,11,13H2. The summed E-state index contributed by atoms with van der Waals surface area (Å²) in [4.78, 5) is 28.3. The zero-order chi connectivity index (χ0) is 19.5. The summed E-state index contributed by atoms with van der Waals surface area (Å²) in [5.41, 5.74) is 1.00. The van der Waals surface area contributed by atoms with Crippen LogP contribution in [0, 0.1) is 5.82 Å². The van der Waals surface area contributed by atoms with E-state index in [1.807, 2.05) is 0 Å². The molecule has 0 spiro atoms. The third kappa shape index (κ3) is 4.04. The third-order valence-electron chi connectivity index (χ3n) is 5.28. The summed E-state index contributed by atoms with van der Waals surface area (Å²) in [6.45, 7) is 3.01. The normalized spacial score (nSPS) is 18.5. The average molecular weight is 386 g/mol. The molecule has 2 fully saturated rings. The van der Waals surface area contributed by atoms with Crippen molar-refractivity contribution in [1.29, 1.82) is 0 Å². The van der Waals surface area contributed by atoms with Crippen LogP contribution in [0.5, 0.6) is 0 Å². The highest BCUT2D eigenvalue weighted by atomic mass is 19.1. The van der Waals surface area contributed by atoms with Crippen LogP contribution in [-0.2, 0) is 11.3 Å². The van der Waals surface area contributed by atoms with Crippen LogP contribution in [0.3, 0.4) is 0 Å². The van der Waals surface area contributed by atoms with Crippen LogP contribution >= 0.6 is 0 Å². The minimum atomic E-state index is -0.324. The van der Waals surface area contributed by atoms with Gasteiger partial charge < -0.3 is 15.1 Å². The molecule has 0 radical (unpaired) electrons. The van der Waals surface area contributed by atoms with Gasteiger partial charge in [-0.3, -0.25) is 9.59 Å². The number of hydrogen-bond acceptors (Lipinski definition) is 5. The second-order valence-electron chi connectivity index (χ2n) is 7.24. The number of benzene rings is 1. The predicted molar refractivity (Wildman–Crippen MR) is 98.9 cm³/mol. The Labute approximate surface area is 162 Å². The molecule has 9 heteroatoms. The SMILES string of the molecule is O=C1CN(C(=O)c2cn(C3CCNCC3)nn2)CCN1Cc1cccc(F)c1. The summed E-state index contributed by atoms with van der Waals surface area (Å²) in [5, 5.41) is 11.4. The Morgan fingerprint density at radius 2 is 2.07 bits per heavy atom. The van der Waals surface area contributed by atoms with Crippen molar-refractivity contribution in [1.82, 2.24) is 30.1 Å². The molecule has 8 nitrogen and oxygen atoms in total. The molecule has 28 heavy (non-hydrogen) atoms. The maximum atomic E-state index is 13.3. The van der Waals surface area contributed by atoms with Crippen molar-refractivity contribution in [2.24, 2.45) is 0 Å². The zero-order valence-corrected chi connectivity index (χ0v) is 15.6. The van der Waals surface area contributed by atoms with Gasteiger partial charge in [-0.15, -0.1) is 5.10 Å². The van der Waals surface area contributed by atoms with Gasteiger partial charge in [0.2, 0.25) is 5.91 Å². The smallest absolute Gasteiger partial charge is 0.276 e. The number of amides is 2. The van der Waals surface area contributed by atoms with E-state index in [1.165, 1.54) is 17.0 Å². The highest BCUT2D eigenvalue weighted by Crippen LogP contribution is 2.18. The lowest BCUT2D eigenvalue weighted by molar-refractivity contribution is -0.135. The molecule has 2 amide bonds. The molecule has 0 bridgehead atoms. The fourth-order valence-corrected chi connectivity index (χ4v) is 3.69. The minimum absolute atomic E-state index is 0.00560. The van der Waals surface area contributed by atoms with Gasteiger partial charge >= 0.3 is 0 Å². The molecule has 148 valence electrons. The number of nitrogens with one attached hydrogen (secondary N) is 1. The van der Waals surface area contributed by atoms with Crippen molar-refractivity contribution in [2.75, 3.05) is 32.7 Å². The van der Waals surface area contributed by atoms with Crippen molar-refractivity contribution >= 4 is 11.8 Å². The summed E-state index contributed by atoms with van der Waals surface area (Å²) in [5.74, 6) is -0.760. The first kappa shape index (κ1) is 18.5. The van der Waals surface area contributed by atoms with E-state index in [0.717, 1.165) is 31.5 Å². The van der Waals surface area contributed by atoms with Gasteiger partial charge in [-0.25, -0.2) is 9.07 Å². The number of hydrogen-bond donors (Lipinski definition) is 1. The first-order valence-electron chi connectivity index (χ1n) is 9.54. The van der Waals surface area contributed by atoms with Gasteiger partial charge in [-0.05, 0) is 43.6 Å². The number of piperidine rings is 1. The van der Waals surface area contributed by atoms with E-state index in [2.05, 4.69) is 15.6 Å². The van der Waals surface area contributed by atoms with Crippen molar-refractivity contribution in [3.05, 3.63) is 47.5 Å². The topological polar surface area (TPSA) is 83.4 Å². The lowest BCUT2D eigenvalue weighted by Gasteiger charge is -2.34. The Bertz CT molecular complexity index is 864. The minimum Gasteiger partial charge on any atom is -0.335 e. The number of nitrogens with zero attached hydrogens (tertiary/aromatic N) is 5. The third-order valence-corrected chi connectivity index (χ3v) is 5.28. The van der Waals surface area contributed by atoms with Crippen LogP contribution < -0.4 is 5.32 Å². The predicted octanol–water partition coefficient (Wildman–Crippen LogP) is 0.826. The molecule has 2 aromatic rings. The van der Waals surface area contributed by atoms with Gasteiger partial charge in [0.05, 0.1) is 12.2 Å². The number of carbonyl (C=O) groups is 2. The molecule has 2 saturated heterocycles. The fourth-order valence-electron chi connectivity index (χ4n) is 3.69. The Kier molecular flexibility index (Phi) is 5.34. The second-order valence-corrected chi connectivity index (χ2v) is 7.24. The molecule has 2 aliphatic heterocycles. The highest BCUT2D eigenvalue weighted by Gasteiger charge is 2.29. The number of rotatable bonds is 4. The van der Waals surface area contributed by atoms with Crippen LogP contribution in [0.1, 0.15) is 34.9 Å². The molecular weight excluding hydrogens is 363 g/mol. The maximum absolute atomic E-state index is 13.3. The van der Waals surface area contributed by atoms with Gasteiger partial charge in [-0.1, -0.05) is 17.3 Å². The van der Waals surface area contributed by atoms with E-state index in [4.69, 9.17) is 0 Å². The van der Waals surface area contributed by atoms with Crippen molar-refractivity contribution in [2.45, 2.75) is 25.4 Å². The first-order valence-corrected chi connectivity index (χ1v) is 9.54. The zero-order valence-electron chi connectivity index (χ0n) is 15.6. The lowest BCUT2D eigenvalue weighted by atomic mass is 10.1. The Morgan fingerprint density at radius 1 is 1.25 bits per heavy atom. The highest BCUT2D eigenvalue weighted by molar-refractivity contribution is 5.95. The fraction of sp³-hybridized carbons (Fsp3) is 0.474. The molecule has 0 saturated carbocycles. The van der Waals surface area contributed by atoms with E-state index in [9.17, 15) is 14.0 Å². The van der Waals surface area contributed by atoms with Crippen LogP contribution in [0.25, 0.3) is 0 Å². The number of piperazine rings is 1. The molecule has 0 unspecified atom stereocenters. The van der Waals surface area contributed by atoms with Crippen LogP contribution in [0.2, 0.25) is 0 Å². The van der Waals surface area contributed by atoms with Crippen molar-refractivity contribution in [3.63, 3.8) is 0 Å². The van der Waals surface area contributed by atoms with E-state index in [-0.39, 0.29) is 35.9 Å². The van der Waals surface area contributed by atoms with Crippen LogP contribution in [-0.4, -0.2) is 69.3 Å². The molecule has 2 aliphatic rings. The van der Waals surface area contributed by atoms with Crippen molar-refractivity contribution in [3.8, 4) is 0 Å². The number of halogens is 1. The maximum Gasteiger partial charge on any atom is 0.276 e. The summed E-state index contributed by atoms with van der Waals surface area (Å²) in [7, 11) is 0. The number of aromatic nitrogens is 3. The largest absolute Gasteiger partial charge is 0.335 e. The average Bonchev–Trinajstić information content (AvgIpc) is 3.20. The Hall–Kier alpha value is -2.81. The molecule has 1 N–H and O–H groups in total.